The highest BCUT2D eigenvalue weighted by Gasteiger charge is 2.64. The van der Waals surface area contributed by atoms with Gasteiger partial charge >= 0.3 is 6.03 Å². The first-order valence-corrected chi connectivity index (χ1v) is 12.5. The van der Waals surface area contributed by atoms with Crippen LogP contribution in [0, 0.1) is 34.5 Å². The van der Waals surface area contributed by atoms with Crippen LogP contribution in [0.5, 0.6) is 0 Å². The maximum Gasteiger partial charge on any atom is 0.319 e. The van der Waals surface area contributed by atoms with Gasteiger partial charge in [-0.05, 0) is 99.8 Å². The Labute approximate surface area is 184 Å². The fraction of sp³-hybridized carbons (Fsp3) is 0.885. The van der Waals surface area contributed by atoms with Crippen molar-refractivity contribution >= 4 is 6.03 Å². The lowest BCUT2D eigenvalue weighted by Crippen LogP contribution is -2.53. The molecule has 5 aliphatic rings. The Morgan fingerprint density at radius 3 is 2.53 bits per heavy atom. The summed E-state index contributed by atoms with van der Waals surface area (Å²) in [6.07, 6.45) is 13.3. The van der Waals surface area contributed by atoms with E-state index in [1.807, 2.05) is 26.0 Å². The molecule has 0 radical (unpaired) electrons. The number of urea groups is 1. The number of amides is 2. The maximum atomic E-state index is 12.5. The van der Waals surface area contributed by atoms with Crippen molar-refractivity contribution < 1.29 is 4.79 Å². The number of fused-ring (bicyclic) bond motifs is 4. The predicted octanol–water partition coefficient (Wildman–Crippen LogP) is 4.86. The van der Waals surface area contributed by atoms with Crippen LogP contribution < -0.4 is 0 Å². The van der Waals surface area contributed by atoms with Crippen LogP contribution >= 0.6 is 0 Å². The molecule has 5 rings (SSSR count). The van der Waals surface area contributed by atoms with Gasteiger partial charge in [0.1, 0.15) is 0 Å². The van der Waals surface area contributed by atoms with Gasteiger partial charge in [-0.2, -0.15) is 0 Å². The van der Waals surface area contributed by atoms with Crippen molar-refractivity contribution in [3.8, 4) is 0 Å². The van der Waals surface area contributed by atoms with E-state index in [0.717, 1.165) is 42.6 Å². The molecule has 30 heavy (non-hydrogen) atoms. The summed E-state index contributed by atoms with van der Waals surface area (Å²) >= 11 is 0. The van der Waals surface area contributed by atoms with Crippen LogP contribution in [0.4, 0.5) is 4.79 Å². The number of nitrogens with zero attached hydrogens (tertiary/aromatic N) is 3. The predicted molar refractivity (Wildman–Crippen MR) is 122 cm³/mol. The lowest BCUT2D eigenvalue weighted by Gasteiger charge is -2.58. The summed E-state index contributed by atoms with van der Waals surface area (Å²) in [5.74, 6) is 3.64. The van der Waals surface area contributed by atoms with Crippen LogP contribution in [0.2, 0.25) is 0 Å². The summed E-state index contributed by atoms with van der Waals surface area (Å²) in [6.45, 7) is 6.42. The Balaban J connectivity index is 1.38. The third kappa shape index (κ3) is 2.71. The molecule has 4 fully saturated rings. The highest BCUT2D eigenvalue weighted by atomic mass is 16.2. The fourth-order valence-electron chi connectivity index (χ4n) is 9.25. The molecule has 0 N–H and O–H groups in total. The normalized spacial score (nSPS) is 47.6. The summed E-state index contributed by atoms with van der Waals surface area (Å²) < 4.78 is 0. The summed E-state index contributed by atoms with van der Waals surface area (Å²) in [5, 5.41) is 0. The Morgan fingerprint density at radius 1 is 1.07 bits per heavy atom. The lowest BCUT2D eigenvalue weighted by atomic mass is 9.47. The minimum Gasteiger partial charge on any atom is -0.331 e. The molecule has 0 bridgehead atoms. The van der Waals surface area contributed by atoms with Crippen LogP contribution in [0.1, 0.15) is 65.2 Å². The molecule has 1 spiro atoms. The van der Waals surface area contributed by atoms with Gasteiger partial charge in [0.2, 0.25) is 0 Å². The van der Waals surface area contributed by atoms with Gasteiger partial charge in [0.05, 0.1) is 0 Å². The van der Waals surface area contributed by atoms with Gasteiger partial charge in [0.25, 0.3) is 0 Å². The Morgan fingerprint density at radius 2 is 1.80 bits per heavy atom. The topological polar surface area (TPSA) is 26.8 Å². The number of hydrogen-bond acceptors (Lipinski definition) is 2. The summed E-state index contributed by atoms with van der Waals surface area (Å²) in [4.78, 5) is 18.9. The molecule has 0 aromatic rings. The second-order valence-electron chi connectivity index (χ2n) is 12.1. The van der Waals surface area contributed by atoms with Gasteiger partial charge in [0.15, 0.2) is 0 Å². The summed E-state index contributed by atoms with van der Waals surface area (Å²) in [6, 6.07) is 1.29. The number of likely N-dealkylation sites (tertiary alicyclic amines) is 1. The first kappa shape index (κ1) is 20.8. The second-order valence-corrected chi connectivity index (χ2v) is 12.1. The smallest absolute Gasteiger partial charge is 0.319 e. The molecule has 1 aliphatic heterocycles. The van der Waals surface area contributed by atoms with E-state index >= 15 is 0 Å². The Bertz CT molecular complexity index is 747. The monoisotopic (exact) mass is 413 g/mol. The highest BCUT2D eigenvalue weighted by molar-refractivity contribution is 5.73. The zero-order valence-electron chi connectivity index (χ0n) is 20.2. The molecule has 4 nitrogen and oxygen atoms in total. The van der Waals surface area contributed by atoms with E-state index in [9.17, 15) is 4.79 Å². The van der Waals surface area contributed by atoms with Gasteiger partial charge in [-0.1, -0.05) is 18.6 Å². The van der Waals surface area contributed by atoms with E-state index in [-0.39, 0.29) is 6.03 Å². The van der Waals surface area contributed by atoms with E-state index in [1.165, 1.54) is 45.1 Å². The summed E-state index contributed by atoms with van der Waals surface area (Å²) in [5.41, 5.74) is 2.67. The average Bonchev–Trinajstić information content (AvgIpc) is 3.20. The number of hydrogen-bond donors (Lipinski definition) is 0. The van der Waals surface area contributed by atoms with Crippen LogP contribution in [-0.4, -0.2) is 67.5 Å². The number of carbonyl (C=O) groups is 1. The molecular weight excluding hydrogens is 370 g/mol. The molecule has 8 unspecified atom stereocenters. The van der Waals surface area contributed by atoms with Gasteiger partial charge in [-0.15, -0.1) is 0 Å². The van der Waals surface area contributed by atoms with Crippen molar-refractivity contribution in [2.45, 2.75) is 77.3 Å². The van der Waals surface area contributed by atoms with Gasteiger partial charge in [0, 0.05) is 39.8 Å². The van der Waals surface area contributed by atoms with Gasteiger partial charge in [-0.3, -0.25) is 0 Å². The molecular formula is C26H43N3O. The van der Waals surface area contributed by atoms with Crippen LogP contribution in [0.15, 0.2) is 11.6 Å². The second kappa shape index (κ2) is 6.98. The summed E-state index contributed by atoms with van der Waals surface area (Å²) in [7, 11) is 8.10. The molecule has 0 aromatic heterocycles. The van der Waals surface area contributed by atoms with Crippen molar-refractivity contribution in [2.75, 3.05) is 34.7 Å². The standard InChI is InChI=1S/C26H43N3O/c1-17-21-9-10-23-20-8-7-18-15-19(29(6)24(30)27(3)4)11-13-25(18,2)22(20)12-14-26(21,23)16-28(17)5/h7,17,19-23H,8-16H2,1-6H3. The van der Waals surface area contributed by atoms with Crippen molar-refractivity contribution in [2.24, 2.45) is 34.5 Å². The molecule has 1 heterocycles. The molecule has 1 saturated heterocycles. The van der Waals surface area contributed by atoms with E-state index in [0.29, 0.717) is 16.9 Å². The van der Waals surface area contributed by atoms with E-state index in [2.05, 4.69) is 31.9 Å². The number of carbonyl (C=O) groups excluding carboxylic acids is 1. The first-order chi connectivity index (χ1) is 14.2. The largest absolute Gasteiger partial charge is 0.331 e. The molecule has 3 saturated carbocycles. The number of rotatable bonds is 1. The van der Waals surface area contributed by atoms with Crippen molar-refractivity contribution in [3.63, 3.8) is 0 Å². The Kier molecular flexibility index (Phi) is 4.85. The quantitative estimate of drug-likeness (QED) is 0.574. The minimum atomic E-state index is 0.147. The Hall–Kier alpha value is -1.03. The zero-order valence-corrected chi connectivity index (χ0v) is 20.2. The van der Waals surface area contributed by atoms with Crippen LogP contribution in [0.3, 0.4) is 0 Å². The van der Waals surface area contributed by atoms with E-state index in [1.54, 1.807) is 10.5 Å². The fourth-order valence-corrected chi connectivity index (χ4v) is 9.25. The van der Waals surface area contributed by atoms with Gasteiger partial charge < -0.3 is 14.7 Å². The molecule has 0 aromatic carbocycles. The van der Waals surface area contributed by atoms with Crippen LogP contribution in [0.25, 0.3) is 0 Å². The van der Waals surface area contributed by atoms with E-state index < -0.39 is 0 Å². The van der Waals surface area contributed by atoms with Gasteiger partial charge in [-0.25, -0.2) is 4.79 Å². The van der Waals surface area contributed by atoms with Crippen LogP contribution in [-0.2, 0) is 0 Å². The molecule has 4 aliphatic carbocycles. The molecule has 168 valence electrons. The van der Waals surface area contributed by atoms with E-state index in [4.69, 9.17) is 0 Å². The van der Waals surface area contributed by atoms with Crippen molar-refractivity contribution in [1.82, 2.24) is 14.7 Å². The average molecular weight is 414 g/mol. The first-order valence-electron chi connectivity index (χ1n) is 12.5. The molecule has 2 amide bonds. The van der Waals surface area contributed by atoms with Crippen molar-refractivity contribution in [3.05, 3.63) is 11.6 Å². The maximum absolute atomic E-state index is 12.5. The van der Waals surface area contributed by atoms with Crippen molar-refractivity contribution in [1.29, 1.82) is 0 Å². The molecule has 4 heteroatoms. The molecule has 8 atom stereocenters. The lowest BCUT2D eigenvalue weighted by molar-refractivity contribution is -0.0428. The number of allylic oxidation sites excluding steroid dienone is 1. The zero-order chi connectivity index (χ0) is 21.4. The third-order valence-electron chi connectivity index (χ3n) is 10.9. The highest BCUT2D eigenvalue weighted by Crippen LogP contribution is 2.68. The third-order valence-corrected chi connectivity index (χ3v) is 10.9. The SMILES string of the molecule is CC1C2CCC3C4CC=C5CC(N(C)C(=O)N(C)C)CCC5(C)C4CCC32CN1C. The minimum absolute atomic E-state index is 0.147.